The first-order chi connectivity index (χ1) is 14.3. The van der Waals surface area contributed by atoms with E-state index in [2.05, 4.69) is 11.6 Å². The summed E-state index contributed by atoms with van der Waals surface area (Å²) >= 11 is 0. The molecule has 1 heterocycles. The largest absolute Gasteiger partial charge is 0.496 e. The molecule has 1 aliphatic heterocycles. The van der Waals surface area contributed by atoms with Gasteiger partial charge in [0.1, 0.15) is 11.5 Å². The number of carbonyl (C=O) groups excluding carboxylic acids is 1. The van der Waals surface area contributed by atoms with Gasteiger partial charge in [0.15, 0.2) is 0 Å². The topological polar surface area (TPSA) is 84.9 Å². The highest BCUT2D eigenvalue weighted by atomic mass is 32.2. The average Bonchev–Trinajstić information content (AvgIpc) is 2.73. The van der Waals surface area contributed by atoms with Gasteiger partial charge in [0.2, 0.25) is 0 Å². The molecule has 7 nitrogen and oxygen atoms in total. The number of sulfonamides is 1. The minimum atomic E-state index is -3.90. The van der Waals surface area contributed by atoms with Gasteiger partial charge in [-0.05, 0) is 56.0 Å². The lowest BCUT2D eigenvalue weighted by molar-refractivity contribution is 0.0693. The zero-order valence-electron chi connectivity index (χ0n) is 17.6. The Labute approximate surface area is 178 Å². The Balaban J connectivity index is 1.87. The zero-order valence-corrected chi connectivity index (χ0v) is 18.4. The molecule has 1 aliphatic rings. The highest BCUT2D eigenvalue weighted by Gasteiger charge is 2.26. The number of anilines is 1. The van der Waals surface area contributed by atoms with Crippen LogP contribution in [0.3, 0.4) is 0 Å². The zero-order chi connectivity index (χ0) is 21.7. The minimum Gasteiger partial charge on any atom is -0.496 e. The number of ether oxygens (including phenoxy) is 2. The van der Waals surface area contributed by atoms with Gasteiger partial charge in [-0.2, -0.15) is 0 Å². The minimum absolute atomic E-state index is 0.00107. The summed E-state index contributed by atoms with van der Waals surface area (Å²) in [5.41, 5.74) is 0.632. The van der Waals surface area contributed by atoms with Crippen LogP contribution >= 0.6 is 0 Å². The molecule has 0 saturated carbocycles. The Bertz CT molecular complexity index is 998. The van der Waals surface area contributed by atoms with E-state index < -0.39 is 10.0 Å². The van der Waals surface area contributed by atoms with E-state index in [4.69, 9.17) is 9.47 Å². The standard InChI is InChI=1S/C22H28N2O5S/c1-4-29-18-7-5-6-17(14-18)23-30(26,27)19-8-9-21(28-3)20(15-19)22(25)24-12-10-16(2)11-13-24/h5-9,14-16,23H,4,10-13H2,1-3H3. The SMILES string of the molecule is CCOc1cccc(NS(=O)(=O)c2ccc(OC)c(C(=O)N3CCC(C)CC3)c2)c1. The second kappa shape index (κ2) is 9.38. The van der Waals surface area contributed by atoms with Gasteiger partial charge in [-0.25, -0.2) is 8.42 Å². The van der Waals surface area contributed by atoms with Crippen LogP contribution in [-0.4, -0.2) is 46.0 Å². The van der Waals surface area contributed by atoms with Gasteiger partial charge in [0.05, 0.1) is 29.9 Å². The Kier molecular flexibility index (Phi) is 6.87. The summed E-state index contributed by atoms with van der Waals surface area (Å²) in [4.78, 5) is 14.8. The van der Waals surface area contributed by atoms with Gasteiger partial charge >= 0.3 is 0 Å². The summed E-state index contributed by atoms with van der Waals surface area (Å²) in [7, 11) is -2.43. The summed E-state index contributed by atoms with van der Waals surface area (Å²) < 4.78 is 39.2. The van der Waals surface area contributed by atoms with Crippen LogP contribution in [0.5, 0.6) is 11.5 Å². The summed E-state index contributed by atoms with van der Waals surface area (Å²) in [5.74, 6) is 1.30. The van der Waals surface area contributed by atoms with Crippen LogP contribution in [0.25, 0.3) is 0 Å². The van der Waals surface area contributed by atoms with Gasteiger partial charge in [-0.3, -0.25) is 9.52 Å². The molecule has 2 aromatic rings. The number of methoxy groups -OCH3 is 1. The van der Waals surface area contributed by atoms with Crippen LogP contribution < -0.4 is 14.2 Å². The molecule has 3 rings (SSSR count). The van der Waals surface area contributed by atoms with Crippen LogP contribution in [0.15, 0.2) is 47.4 Å². The number of hydrogen-bond donors (Lipinski definition) is 1. The first kappa shape index (κ1) is 22.0. The van der Waals surface area contributed by atoms with Crippen molar-refractivity contribution in [3.05, 3.63) is 48.0 Å². The van der Waals surface area contributed by atoms with Gasteiger partial charge in [0.25, 0.3) is 15.9 Å². The second-order valence-electron chi connectivity index (χ2n) is 7.40. The first-order valence-electron chi connectivity index (χ1n) is 10.1. The second-order valence-corrected chi connectivity index (χ2v) is 9.09. The van der Waals surface area contributed by atoms with E-state index in [1.165, 1.54) is 25.3 Å². The lowest BCUT2D eigenvalue weighted by Crippen LogP contribution is -2.38. The van der Waals surface area contributed by atoms with Crippen molar-refractivity contribution in [2.75, 3.05) is 31.5 Å². The molecule has 0 aliphatic carbocycles. The van der Waals surface area contributed by atoms with Crippen molar-refractivity contribution in [1.82, 2.24) is 4.90 Å². The van der Waals surface area contributed by atoms with Crippen molar-refractivity contribution in [3.8, 4) is 11.5 Å². The molecule has 2 aromatic carbocycles. The van der Waals surface area contributed by atoms with Gasteiger partial charge in [0, 0.05) is 19.2 Å². The maximum Gasteiger partial charge on any atom is 0.261 e. The first-order valence-corrected chi connectivity index (χ1v) is 11.6. The molecule has 0 spiro atoms. The van der Waals surface area contributed by atoms with E-state index in [9.17, 15) is 13.2 Å². The van der Waals surface area contributed by atoms with Gasteiger partial charge < -0.3 is 14.4 Å². The molecule has 0 unspecified atom stereocenters. The molecule has 1 fully saturated rings. The third-order valence-corrected chi connectivity index (χ3v) is 6.56. The molecule has 30 heavy (non-hydrogen) atoms. The fourth-order valence-electron chi connectivity index (χ4n) is 3.43. The van der Waals surface area contributed by atoms with E-state index >= 15 is 0 Å². The van der Waals surface area contributed by atoms with Crippen LogP contribution in [0.4, 0.5) is 5.69 Å². The van der Waals surface area contributed by atoms with Crippen LogP contribution in [0.1, 0.15) is 37.0 Å². The van der Waals surface area contributed by atoms with E-state index in [0.717, 1.165) is 12.8 Å². The summed E-state index contributed by atoms with van der Waals surface area (Å²) in [5, 5.41) is 0. The summed E-state index contributed by atoms with van der Waals surface area (Å²) in [6.07, 6.45) is 1.87. The lowest BCUT2D eigenvalue weighted by Gasteiger charge is -2.30. The molecule has 1 saturated heterocycles. The quantitative estimate of drug-likeness (QED) is 0.720. The molecule has 1 amide bonds. The van der Waals surface area contributed by atoms with E-state index in [1.807, 2.05) is 6.92 Å². The number of piperidine rings is 1. The molecule has 0 aromatic heterocycles. The fourth-order valence-corrected chi connectivity index (χ4v) is 4.51. The number of carbonyl (C=O) groups is 1. The number of benzene rings is 2. The Morgan fingerprint density at radius 2 is 1.90 bits per heavy atom. The number of hydrogen-bond acceptors (Lipinski definition) is 5. The van der Waals surface area contributed by atoms with E-state index in [-0.39, 0.29) is 16.4 Å². The van der Waals surface area contributed by atoms with Crippen molar-refractivity contribution >= 4 is 21.6 Å². The van der Waals surface area contributed by atoms with Crippen molar-refractivity contribution in [1.29, 1.82) is 0 Å². The molecule has 0 atom stereocenters. The van der Waals surface area contributed by atoms with Crippen molar-refractivity contribution in [2.45, 2.75) is 31.6 Å². The maximum atomic E-state index is 13.1. The Hall–Kier alpha value is -2.74. The van der Waals surface area contributed by atoms with E-state index in [0.29, 0.717) is 42.8 Å². The van der Waals surface area contributed by atoms with Crippen LogP contribution in [0.2, 0.25) is 0 Å². The number of amides is 1. The Morgan fingerprint density at radius 1 is 1.17 bits per heavy atom. The molecular weight excluding hydrogens is 404 g/mol. The number of rotatable bonds is 7. The van der Waals surface area contributed by atoms with Gasteiger partial charge in [-0.15, -0.1) is 0 Å². The normalized spacial score (nSPS) is 15.0. The number of likely N-dealkylation sites (tertiary alicyclic amines) is 1. The lowest BCUT2D eigenvalue weighted by atomic mass is 9.98. The average molecular weight is 433 g/mol. The molecule has 8 heteroatoms. The van der Waals surface area contributed by atoms with Crippen molar-refractivity contribution in [2.24, 2.45) is 5.92 Å². The smallest absolute Gasteiger partial charge is 0.261 e. The molecule has 0 radical (unpaired) electrons. The monoisotopic (exact) mass is 432 g/mol. The maximum absolute atomic E-state index is 13.1. The summed E-state index contributed by atoms with van der Waals surface area (Å²) in [6, 6.07) is 11.1. The predicted octanol–water partition coefficient (Wildman–Crippen LogP) is 3.77. The molecule has 0 bridgehead atoms. The van der Waals surface area contributed by atoms with Crippen LogP contribution in [0, 0.1) is 5.92 Å². The van der Waals surface area contributed by atoms with Crippen molar-refractivity contribution in [3.63, 3.8) is 0 Å². The molecule has 1 N–H and O–H groups in total. The number of nitrogens with zero attached hydrogens (tertiary/aromatic N) is 1. The number of nitrogens with one attached hydrogen (secondary N) is 1. The fraction of sp³-hybridized carbons (Fsp3) is 0.409. The molecular formula is C22H28N2O5S. The van der Waals surface area contributed by atoms with E-state index in [1.54, 1.807) is 29.2 Å². The van der Waals surface area contributed by atoms with Crippen molar-refractivity contribution < 1.29 is 22.7 Å². The highest BCUT2D eigenvalue weighted by Crippen LogP contribution is 2.28. The third kappa shape index (κ3) is 5.05. The highest BCUT2D eigenvalue weighted by molar-refractivity contribution is 7.92. The summed E-state index contributed by atoms with van der Waals surface area (Å²) in [6.45, 7) is 5.82. The predicted molar refractivity (Wildman–Crippen MR) is 116 cm³/mol. The Morgan fingerprint density at radius 3 is 2.57 bits per heavy atom. The van der Waals surface area contributed by atoms with Crippen LogP contribution in [-0.2, 0) is 10.0 Å². The molecule has 162 valence electrons. The third-order valence-electron chi connectivity index (χ3n) is 5.18. The van der Waals surface area contributed by atoms with Gasteiger partial charge in [-0.1, -0.05) is 13.0 Å².